The Hall–Kier alpha value is -2.96. The van der Waals surface area contributed by atoms with E-state index < -0.39 is 17.7 Å². The van der Waals surface area contributed by atoms with E-state index >= 15 is 0 Å². The van der Waals surface area contributed by atoms with Crippen molar-refractivity contribution < 1.29 is 13.6 Å². The molecule has 2 heterocycles. The van der Waals surface area contributed by atoms with Crippen LogP contribution >= 0.6 is 0 Å². The number of hydrogen-bond donors (Lipinski definition) is 1. The van der Waals surface area contributed by atoms with E-state index in [0.717, 1.165) is 0 Å². The van der Waals surface area contributed by atoms with E-state index in [1.165, 1.54) is 18.2 Å². The third kappa shape index (κ3) is 3.25. The van der Waals surface area contributed by atoms with Crippen LogP contribution in [0.3, 0.4) is 0 Å². The molecule has 0 aliphatic heterocycles. The number of carbonyl (C=O) groups is 1. The van der Waals surface area contributed by atoms with Crippen molar-refractivity contribution in [2.75, 3.05) is 5.73 Å². The van der Waals surface area contributed by atoms with Gasteiger partial charge in [0.25, 0.3) is 0 Å². The Kier molecular flexibility index (Phi) is 4.30. The number of hydrogen-bond acceptors (Lipinski definition) is 5. The van der Waals surface area contributed by atoms with Gasteiger partial charge in [-0.2, -0.15) is 4.39 Å². The molecule has 5 nitrogen and oxygen atoms in total. The summed E-state index contributed by atoms with van der Waals surface area (Å²) in [4.78, 5) is 25.0. The lowest BCUT2D eigenvalue weighted by atomic mass is 9.70. The summed E-state index contributed by atoms with van der Waals surface area (Å²) in [7, 11) is 0. The average Bonchev–Trinajstić information content (AvgIpc) is 2.60. The maximum Gasteiger partial charge on any atom is 0.220 e. The molecule has 0 saturated carbocycles. The first-order valence-corrected chi connectivity index (χ1v) is 8.76. The first-order valence-electron chi connectivity index (χ1n) is 8.76. The molecule has 0 bridgehead atoms. The summed E-state index contributed by atoms with van der Waals surface area (Å²) in [6.07, 6.45) is 5.38. The standard InChI is InChI=1S/C20H18F2N4O/c1-10-19-16(26-20(23)24-10)7-11(8-17(19)27)13-6-5-12(21)9-14(13)15-3-2-4-18(22)25-15/h2-6,9,11,13-14H,7-8H2,1H3,(H2,23,24,26)/t11-,13?,14?/m1/s1. The number of nitrogens with zero attached hydrogens (tertiary/aromatic N) is 3. The molecule has 0 amide bonds. The van der Waals surface area contributed by atoms with Crippen LogP contribution in [0.25, 0.3) is 0 Å². The maximum atomic E-state index is 13.9. The molecule has 2 aromatic rings. The molecular formula is C20H18F2N4O. The number of nitrogens with two attached hydrogens (primary N) is 1. The van der Waals surface area contributed by atoms with Gasteiger partial charge in [-0.15, -0.1) is 0 Å². The lowest BCUT2D eigenvalue weighted by molar-refractivity contribution is 0.0929. The number of carbonyl (C=O) groups excluding carboxylic acids is 1. The van der Waals surface area contributed by atoms with E-state index in [1.807, 2.05) is 0 Å². The minimum Gasteiger partial charge on any atom is -0.368 e. The fourth-order valence-electron chi connectivity index (χ4n) is 4.10. The van der Waals surface area contributed by atoms with E-state index in [4.69, 9.17) is 5.73 Å². The molecule has 0 radical (unpaired) electrons. The van der Waals surface area contributed by atoms with E-state index in [-0.39, 0.29) is 30.0 Å². The summed E-state index contributed by atoms with van der Waals surface area (Å²) < 4.78 is 27.5. The molecule has 2 aliphatic rings. The van der Waals surface area contributed by atoms with Gasteiger partial charge in [-0.05, 0) is 49.5 Å². The average molecular weight is 368 g/mol. The van der Waals surface area contributed by atoms with Crippen molar-refractivity contribution in [3.8, 4) is 0 Å². The molecule has 3 atom stereocenters. The summed E-state index contributed by atoms with van der Waals surface area (Å²) >= 11 is 0. The van der Waals surface area contributed by atoms with Crippen LogP contribution in [0.15, 0.2) is 42.3 Å². The summed E-state index contributed by atoms with van der Waals surface area (Å²) in [5.41, 5.74) is 7.92. The minimum atomic E-state index is -0.615. The molecule has 27 heavy (non-hydrogen) atoms. The van der Waals surface area contributed by atoms with Gasteiger partial charge in [-0.1, -0.05) is 12.1 Å². The Labute approximate surface area is 155 Å². The Morgan fingerprint density at radius 1 is 1.15 bits per heavy atom. The molecule has 0 saturated heterocycles. The van der Waals surface area contributed by atoms with Crippen molar-refractivity contribution in [2.45, 2.75) is 25.7 Å². The predicted octanol–water partition coefficient (Wildman–Crippen LogP) is 3.47. The second-order valence-electron chi connectivity index (χ2n) is 6.98. The molecule has 138 valence electrons. The Balaban J connectivity index is 1.71. The minimum absolute atomic E-state index is 0.0480. The van der Waals surface area contributed by atoms with E-state index in [1.54, 1.807) is 25.1 Å². The smallest absolute Gasteiger partial charge is 0.220 e. The SMILES string of the molecule is Cc1nc(N)nc2c1C(=O)C[C@H](C1C=CC(F)=CC1c1cccc(F)n1)C2. The lowest BCUT2D eigenvalue weighted by Gasteiger charge is -2.34. The number of aromatic nitrogens is 3. The van der Waals surface area contributed by atoms with E-state index in [2.05, 4.69) is 15.0 Å². The van der Waals surface area contributed by atoms with Crippen molar-refractivity contribution in [1.29, 1.82) is 0 Å². The number of aryl methyl sites for hydroxylation is 1. The van der Waals surface area contributed by atoms with Crippen molar-refractivity contribution in [2.24, 2.45) is 11.8 Å². The first kappa shape index (κ1) is 17.5. The van der Waals surface area contributed by atoms with Crippen LogP contribution in [0.1, 0.15) is 39.8 Å². The number of ketones is 1. The van der Waals surface area contributed by atoms with Gasteiger partial charge in [0.05, 0.1) is 22.6 Å². The highest BCUT2D eigenvalue weighted by Crippen LogP contribution is 2.41. The second-order valence-corrected chi connectivity index (χ2v) is 6.98. The molecule has 4 rings (SSSR count). The quantitative estimate of drug-likeness (QED) is 0.821. The van der Waals surface area contributed by atoms with Crippen LogP contribution in [0.4, 0.5) is 14.7 Å². The number of nitrogen functional groups attached to an aromatic ring is 1. The fraction of sp³-hybridized carbons (Fsp3) is 0.300. The van der Waals surface area contributed by atoms with Crippen molar-refractivity contribution >= 4 is 11.7 Å². The van der Waals surface area contributed by atoms with E-state index in [9.17, 15) is 13.6 Å². The molecule has 0 fully saturated rings. The zero-order chi connectivity index (χ0) is 19.1. The highest BCUT2D eigenvalue weighted by atomic mass is 19.1. The van der Waals surface area contributed by atoms with Crippen molar-refractivity contribution in [3.63, 3.8) is 0 Å². The maximum absolute atomic E-state index is 13.9. The number of halogens is 2. The molecule has 7 heteroatoms. The van der Waals surface area contributed by atoms with Gasteiger partial charge in [0, 0.05) is 12.3 Å². The molecule has 0 aromatic carbocycles. The predicted molar refractivity (Wildman–Crippen MR) is 96.1 cm³/mol. The van der Waals surface area contributed by atoms with Crippen LogP contribution in [0, 0.1) is 24.7 Å². The highest BCUT2D eigenvalue weighted by Gasteiger charge is 2.37. The zero-order valence-electron chi connectivity index (χ0n) is 14.7. The molecule has 2 aliphatic carbocycles. The van der Waals surface area contributed by atoms with Crippen LogP contribution in [0.5, 0.6) is 0 Å². The Bertz CT molecular complexity index is 986. The summed E-state index contributed by atoms with van der Waals surface area (Å²) in [5.74, 6) is -1.70. The number of fused-ring (bicyclic) bond motifs is 1. The van der Waals surface area contributed by atoms with Gasteiger partial charge >= 0.3 is 0 Å². The number of anilines is 1. The zero-order valence-corrected chi connectivity index (χ0v) is 14.7. The van der Waals surface area contributed by atoms with Gasteiger partial charge in [0.2, 0.25) is 11.9 Å². The van der Waals surface area contributed by atoms with Gasteiger partial charge in [0.15, 0.2) is 5.78 Å². The van der Waals surface area contributed by atoms with Gasteiger partial charge in [-0.3, -0.25) is 4.79 Å². The molecular weight excluding hydrogens is 350 g/mol. The topological polar surface area (TPSA) is 81.8 Å². The van der Waals surface area contributed by atoms with Gasteiger partial charge in [-0.25, -0.2) is 19.3 Å². The monoisotopic (exact) mass is 368 g/mol. The van der Waals surface area contributed by atoms with Crippen LogP contribution in [0.2, 0.25) is 0 Å². The van der Waals surface area contributed by atoms with Gasteiger partial charge in [0.1, 0.15) is 5.83 Å². The molecule has 2 N–H and O–H groups in total. The molecule has 0 spiro atoms. The molecule has 2 unspecified atom stereocenters. The number of Topliss-reactive ketones (excluding diaryl/α,β-unsaturated/α-hetero) is 1. The number of allylic oxidation sites excluding steroid dienone is 4. The summed E-state index contributed by atoms with van der Waals surface area (Å²) in [6.45, 7) is 1.74. The second kappa shape index (κ2) is 6.64. The van der Waals surface area contributed by atoms with Crippen LogP contribution in [-0.4, -0.2) is 20.7 Å². The first-order chi connectivity index (χ1) is 12.9. The van der Waals surface area contributed by atoms with Crippen molar-refractivity contribution in [1.82, 2.24) is 15.0 Å². The van der Waals surface area contributed by atoms with Crippen LogP contribution < -0.4 is 5.73 Å². The fourth-order valence-corrected chi connectivity index (χ4v) is 4.10. The number of rotatable bonds is 2. The third-order valence-corrected chi connectivity index (χ3v) is 5.22. The van der Waals surface area contributed by atoms with Gasteiger partial charge < -0.3 is 5.73 Å². The largest absolute Gasteiger partial charge is 0.368 e. The van der Waals surface area contributed by atoms with E-state index in [0.29, 0.717) is 29.1 Å². The third-order valence-electron chi connectivity index (χ3n) is 5.22. The lowest BCUT2D eigenvalue weighted by Crippen LogP contribution is -2.31. The summed E-state index contributed by atoms with van der Waals surface area (Å²) in [6, 6.07) is 4.48. The Morgan fingerprint density at radius 2 is 1.96 bits per heavy atom. The summed E-state index contributed by atoms with van der Waals surface area (Å²) in [5, 5.41) is 0. The molecule has 2 aromatic heterocycles. The number of pyridine rings is 1. The highest BCUT2D eigenvalue weighted by molar-refractivity contribution is 5.99. The Morgan fingerprint density at radius 3 is 2.74 bits per heavy atom. The van der Waals surface area contributed by atoms with Crippen molar-refractivity contribution in [3.05, 3.63) is 70.8 Å². The van der Waals surface area contributed by atoms with Crippen LogP contribution in [-0.2, 0) is 6.42 Å². The normalized spacial score (nSPS) is 24.5.